The number of rotatable bonds is 9. The van der Waals surface area contributed by atoms with Crippen LogP contribution in [0.1, 0.15) is 37.8 Å². The highest BCUT2D eigenvalue weighted by molar-refractivity contribution is 7.98. The van der Waals surface area contributed by atoms with E-state index in [-0.39, 0.29) is 29.6 Å². The summed E-state index contributed by atoms with van der Waals surface area (Å²) in [7, 11) is 0. The van der Waals surface area contributed by atoms with E-state index in [0.29, 0.717) is 25.1 Å². The Labute approximate surface area is 192 Å². The van der Waals surface area contributed by atoms with Gasteiger partial charge in [-0.1, -0.05) is 31.0 Å². The number of carbonyl (C=O) groups is 3. The summed E-state index contributed by atoms with van der Waals surface area (Å²) < 4.78 is 1.81. The van der Waals surface area contributed by atoms with Crippen LogP contribution in [0.5, 0.6) is 0 Å². The van der Waals surface area contributed by atoms with Gasteiger partial charge < -0.3 is 5.32 Å². The Kier molecular flexibility index (Phi) is 7.29. The number of nitrogens with one attached hydrogen (secondary N) is 1. The topological polar surface area (TPSA) is 84.3 Å². The number of hydrogen-bond donors (Lipinski definition) is 1. The second kappa shape index (κ2) is 10.3. The minimum Gasteiger partial charge on any atom is -0.354 e. The van der Waals surface area contributed by atoms with Gasteiger partial charge in [-0.05, 0) is 49.5 Å². The van der Waals surface area contributed by atoms with Crippen LogP contribution >= 0.6 is 11.8 Å². The van der Waals surface area contributed by atoms with E-state index in [9.17, 15) is 14.4 Å². The predicted octanol–water partition coefficient (Wildman–Crippen LogP) is 2.83. The van der Waals surface area contributed by atoms with Crippen LogP contribution in [-0.4, -0.2) is 57.0 Å². The summed E-state index contributed by atoms with van der Waals surface area (Å²) in [5.74, 6) is -0.302. The number of carbonyl (C=O) groups excluding carboxylic acids is 3. The van der Waals surface area contributed by atoms with Crippen LogP contribution in [0.4, 0.5) is 0 Å². The van der Waals surface area contributed by atoms with E-state index in [0.717, 1.165) is 37.1 Å². The molecule has 1 saturated carbocycles. The third-order valence-electron chi connectivity index (χ3n) is 6.43. The van der Waals surface area contributed by atoms with E-state index in [2.05, 4.69) is 10.4 Å². The zero-order chi connectivity index (χ0) is 22.5. The Morgan fingerprint density at radius 2 is 1.81 bits per heavy atom. The highest BCUT2D eigenvalue weighted by Gasteiger charge is 2.51. The molecule has 3 amide bonds. The average Bonchev–Trinajstić information content (AvgIpc) is 3.39. The standard InChI is InChI=1S/C24H30N4O3S/c1-32-16-13-21(28-23(30)19-9-5-6-10-20(19)24(28)31)22(29)25-14-11-17-12-15-27(26-17)18-7-3-2-4-8-18/h2-4,7-8,12,15,19-21H,5-6,9-11,13-14,16H2,1H3,(H,25,29). The molecule has 0 bridgehead atoms. The molecule has 2 heterocycles. The molecule has 3 unspecified atom stereocenters. The van der Waals surface area contributed by atoms with Crippen LogP contribution < -0.4 is 5.32 Å². The number of fused-ring (bicyclic) bond motifs is 1. The molecule has 2 fully saturated rings. The Morgan fingerprint density at radius 1 is 1.12 bits per heavy atom. The van der Waals surface area contributed by atoms with Crippen LogP contribution in [0.2, 0.25) is 0 Å². The number of amides is 3. The lowest BCUT2D eigenvalue weighted by atomic mass is 9.81. The first kappa shape index (κ1) is 22.6. The highest BCUT2D eigenvalue weighted by Crippen LogP contribution is 2.39. The van der Waals surface area contributed by atoms with Gasteiger partial charge in [-0.15, -0.1) is 0 Å². The summed E-state index contributed by atoms with van der Waals surface area (Å²) in [5, 5.41) is 7.51. The molecule has 0 radical (unpaired) electrons. The van der Waals surface area contributed by atoms with Gasteiger partial charge >= 0.3 is 0 Å². The molecule has 32 heavy (non-hydrogen) atoms. The number of hydrogen-bond acceptors (Lipinski definition) is 5. The van der Waals surface area contributed by atoms with Gasteiger partial charge in [0, 0.05) is 19.2 Å². The Morgan fingerprint density at radius 3 is 2.47 bits per heavy atom. The minimum atomic E-state index is -0.727. The van der Waals surface area contributed by atoms with Gasteiger partial charge in [0.05, 0.1) is 23.2 Å². The van der Waals surface area contributed by atoms with E-state index < -0.39 is 6.04 Å². The van der Waals surface area contributed by atoms with Crippen LogP contribution in [0.3, 0.4) is 0 Å². The van der Waals surface area contributed by atoms with Gasteiger partial charge in [-0.3, -0.25) is 19.3 Å². The summed E-state index contributed by atoms with van der Waals surface area (Å²) in [5.41, 5.74) is 1.85. The molecular formula is C24H30N4O3S. The third kappa shape index (κ3) is 4.75. The summed E-state index contributed by atoms with van der Waals surface area (Å²) >= 11 is 1.61. The van der Waals surface area contributed by atoms with Crippen molar-refractivity contribution in [3.63, 3.8) is 0 Å². The van der Waals surface area contributed by atoms with Crippen molar-refractivity contribution in [2.75, 3.05) is 18.6 Å². The van der Waals surface area contributed by atoms with Gasteiger partial charge in [0.25, 0.3) is 0 Å². The molecule has 1 aliphatic carbocycles. The zero-order valence-corrected chi connectivity index (χ0v) is 19.2. The number of nitrogens with zero attached hydrogens (tertiary/aromatic N) is 3. The van der Waals surface area contributed by atoms with E-state index in [1.807, 2.05) is 53.5 Å². The lowest BCUT2D eigenvalue weighted by Gasteiger charge is -2.25. The number of thioether (sulfide) groups is 1. The largest absolute Gasteiger partial charge is 0.354 e. The molecule has 1 saturated heterocycles. The monoisotopic (exact) mass is 454 g/mol. The van der Waals surface area contributed by atoms with Crippen LogP contribution in [0, 0.1) is 11.8 Å². The minimum absolute atomic E-state index is 0.150. The fourth-order valence-corrected chi connectivity index (χ4v) is 5.21. The smallest absolute Gasteiger partial charge is 0.243 e. The number of imide groups is 1. The summed E-state index contributed by atoms with van der Waals surface area (Å²) in [6.45, 7) is 0.406. The zero-order valence-electron chi connectivity index (χ0n) is 18.4. The van der Waals surface area contributed by atoms with Crippen LogP contribution in [0.25, 0.3) is 5.69 Å². The maximum Gasteiger partial charge on any atom is 0.243 e. The second-order valence-electron chi connectivity index (χ2n) is 8.47. The summed E-state index contributed by atoms with van der Waals surface area (Å²) in [4.78, 5) is 40.3. The first-order chi connectivity index (χ1) is 15.6. The van der Waals surface area contributed by atoms with Gasteiger partial charge in [0.2, 0.25) is 17.7 Å². The van der Waals surface area contributed by atoms with Gasteiger partial charge in [0.1, 0.15) is 6.04 Å². The molecule has 1 aromatic heterocycles. The van der Waals surface area contributed by atoms with Crippen molar-refractivity contribution in [1.29, 1.82) is 0 Å². The van der Waals surface area contributed by atoms with E-state index in [4.69, 9.17) is 0 Å². The molecule has 1 aliphatic heterocycles. The molecule has 3 atom stereocenters. The Balaban J connectivity index is 1.38. The lowest BCUT2D eigenvalue weighted by molar-refractivity contribution is -0.148. The number of likely N-dealkylation sites (tertiary alicyclic amines) is 1. The second-order valence-corrected chi connectivity index (χ2v) is 9.46. The van der Waals surface area contributed by atoms with Crippen molar-refractivity contribution >= 4 is 29.5 Å². The first-order valence-corrected chi connectivity index (χ1v) is 12.7. The number of aromatic nitrogens is 2. The molecule has 2 aromatic rings. The molecule has 2 aliphatic rings. The molecule has 1 aromatic carbocycles. The quantitative estimate of drug-likeness (QED) is 0.589. The molecule has 0 spiro atoms. The normalized spacial score (nSPS) is 21.5. The molecule has 7 nitrogen and oxygen atoms in total. The predicted molar refractivity (Wildman–Crippen MR) is 124 cm³/mol. The molecule has 170 valence electrons. The maximum atomic E-state index is 13.1. The number of benzene rings is 1. The van der Waals surface area contributed by atoms with Crippen molar-refractivity contribution in [2.24, 2.45) is 11.8 Å². The van der Waals surface area contributed by atoms with Gasteiger partial charge in [-0.25, -0.2) is 4.68 Å². The molecule has 8 heteroatoms. The maximum absolute atomic E-state index is 13.1. The summed E-state index contributed by atoms with van der Waals surface area (Å²) in [6, 6.07) is 11.1. The SMILES string of the molecule is CSCCC(C(=O)NCCc1ccn(-c2ccccc2)n1)N1C(=O)C2CCCCC2C1=O. The van der Waals surface area contributed by atoms with E-state index in [1.54, 1.807) is 11.8 Å². The number of para-hydroxylation sites is 1. The van der Waals surface area contributed by atoms with Crippen molar-refractivity contribution in [1.82, 2.24) is 20.0 Å². The van der Waals surface area contributed by atoms with Crippen molar-refractivity contribution < 1.29 is 14.4 Å². The van der Waals surface area contributed by atoms with Crippen molar-refractivity contribution in [3.05, 3.63) is 48.3 Å². The molecule has 1 N–H and O–H groups in total. The molecular weight excluding hydrogens is 424 g/mol. The van der Waals surface area contributed by atoms with Gasteiger partial charge in [-0.2, -0.15) is 16.9 Å². The highest BCUT2D eigenvalue weighted by atomic mass is 32.2. The lowest BCUT2D eigenvalue weighted by Crippen LogP contribution is -2.50. The first-order valence-electron chi connectivity index (χ1n) is 11.3. The van der Waals surface area contributed by atoms with E-state index in [1.165, 1.54) is 4.90 Å². The van der Waals surface area contributed by atoms with Crippen LogP contribution in [0.15, 0.2) is 42.6 Å². The third-order valence-corrected chi connectivity index (χ3v) is 7.07. The van der Waals surface area contributed by atoms with Crippen molar-refractivity contribution in [3.8, 4) is 5.69 Å². The van der Waals surface area contributed by atoms with Gasteiger partial charge in [0.15, 0.2) is 0 Å². The Bertz CT molecular complexity index is 937. The Hall–Kier alpha value is -2.61. The van der Waals surface area contributed by atoms with Crippen LogP contribution in [-0.2, 0) is 20.8 Å². The van der Waals surface area contributed by atoms with E-state index >= 15 is 0 Å². The summed E-state index contributed by atoms with van der Waals surface area (Å²) in [6.07, 6.45) is 8.39. The fourth-order valence-electron chi connectivity index (χ4n) is 4.75. The average molecular weight is 455 g/mol. The molecule has 4 rings (SSSR count). The van der Waals surface area contributed by atoms with Crippen molar-refractivity contribution in [2.45, 2.75) is 44.6 Å². The fraction of sp³-hybridized carbons (Fsp3) is 0.500.